The molecule has 0 atom stereocenters. The second-order valence-electron chi connectivity index (χ2n) is 3.97. The van der Waals surface area contributed by atoms with Crippen molar-refractivity contribution in [3.63, 3.8) is 0 Å². The van der Waals surface area contributed by atoms with Crippen molar-refractivity contribution in [3.8, 4) is 0 Å². The number of nitrogens with one attached hydrogen (secondary N) is 1. The van der Waals surface area contributed by atoms with Crippen molar-refractivity contribution >= 4 is 15.9 Å². The van der Waals surface area contributed by atoms with Gasteiger partial charge >= 0.3 is 0 Å². The summed E-state index contributed by atoms with van der Waals surface area (Å²) in [5.74, 6) is 1.07. The van der Waals surface area contributed by atoms with Crippen LogP contribution in [0.5, 0.6) is 0 Å². The fourth-order valence-corrected chi connectivity index (χ4v) is 2.66. The van der Waals surface area contributed by atoms with E-state index in [0.717, 1.165) is 38.2 Å². The average Bonchev–Trinajstić information content (AvgIpc) is 2.68. The lowest BCUT2D eigenvalue weighted by Crippen LogP contribution is -2.33. The van der Waals surface area contributed by atoms with Gasteiger partial charge in [-0.2, -0.15) is 0 Å². The Morgan fingerprint density at radius 3 is 2.75 bits per heavy atom. The lowest BCUT2D eigenvalue weighted by Gasteiger charge is -2.17. The Morgan fingerprint density at radius 1 is 1.50 bits per heavy atom. The van der Waals surface area contributed by atoms with Crippen molar-refractivity contribution in [2.45, 2.75) is 26.2 Å². The molecule has 5 nitrogen and oxygen atoms in total. The van der Waals surface area contributed by atoms with Gasteiger partial charge in [0.25, 0.3) is 0 Å². The molecule has 6 heteroatoms. The van der Waals surface area contributed by atoms with Gasteiger partial charge in [-0.1, -0.05) is 6.92 Å². The molecular weight excluding hydrogens is 226 g/mol. The average molecular weight is 247 g/mol. The molecule has 1 heterocycles. The number of amidine groups is 1. The highest BCUT2D eigenvalue weighted by Crippen LogP contribution is 2.02. The third-order valence-electron chi connectivity index (χ3n) is 2.61. The van der Waals surface area contributed by atoms with E-state index in [1.165, 1.54) is 10.6 Å². The van der Waals surface area contributed by atoms with Crippen molar-refractivity contribution in [3.05, 3.63) is 0 Å². The zero-order valence-corrected chi connectivity index (χ0v) is 10.9. The molecule has 0 fully saturated rings. The summed E-state index contributed by atoms with van der Waals surface area (Å²) in [5.41, 5.74) is 0. The molecule has 0 saturated carbocycles. The summed E-state index contributed by atoms with van der Waals surface area (Å²) in [6.07, 6.45) is 4.24. The second-order valence-corrected chi connectivity index (χ2v) is 5.95. The molecular formula is C10H21N3O2S. The normalized spacial score (nSPS) is 16.6. The van der Waals surface area contributed by atoms with Crippen LogP contribution >= 0.6 is 0 Å². The molecule has 1 aliphatic heterocycles. The maximum atomic E-state index is 11.3. The first-order chi connectivity index (χ1) is 7.54. The molecule has 0 amide bonds. The SMILES string of the molecule is CCN(CCCNC1=NCCC1)S(C)(=O)=O. The minimum atomic E-state index is -3.04. The van der Waals surface area contributed by atoms with Crippen LogP contribution < -0.4 is 5.32 Å². The molecule has 0 bridgehead atoms. The van der Waals surface area contributed by atoms with Crippen LogP contribution in [0.15, 0.2) is 4.99 Å². The Bertz CT molecular complexity index is 338. The Morgan fingerprint density at radius 2 is 2.25 bits per heavy atom. The van der Waals surface area contributed by atoms with E-state index in [-0.39, 0.29) is 0 Å². The van der Waals surface area contributed by atoms with E-state index in [1.807, 2.05) is 6.92 Å². The van der Waals surface area contributed by atoms with Gasteiger partial charge in [0.15, 0.2) is 0 Å². The first-order valence-electron chi connectivity index (χ1n) is 5.76. The lowest BCUT2D eigenvalue weighted by molar-refractivity contribution is 0.424. The van der Waals surface area contributed by atoms with Gasteiger partial charge in [-0.25, -0.2) is 12.7 Å². The second kappa shape index (κ2) is 6.20. The van der Waals surface area contributed by atoms with Gasteiger partial charge in [0, 0.05) is 32.6 Å². The summed E-state index contributed by atoms with van der Waals surface area (Å²) in [7, 11) is -3.04. The minimum absolute atomic E-state index is 0.541. The smallest absolute Gasteiger partial charge is 0.211 e. The van der Waals surface area contributed by atoms with Crippen molar-refractivity contribution < 1.29 is 8.42 Å². The number of rotatable bonds is 6. The number of hydrogen-bond donors (Lipinski definition) is 1. The highest BCUT2D eigenvalue weighted by atomic mass is 32.2. The van der Waals surface area contributed by atoms with Crippen LogP contribution in [0.3, 0.4) is 0 Å². The van der Waals surface area contributed by atoms with Crippen LogP contribution in [0, 0.1) is 0 Å². The summed E-state index contributed by atoms with van der Waals surface area (Å²) < 4.78 is 24.1. The molecule has 16 heavy (non-hydrogen) atoms. The minimum Gasteiger partial charge on any atom is -0.374 e. The summed E-state index contributed by atoms with van der Waals surface area (Å²) >= 11 is 0. The Hall–Kier alpha value is -0.620. The molecule has 0 radical (unpaired) electrons. The highest BCUT2D eigenvalue weighted by Gasteiger charge is 2.13. The van der Waals surface area contributed by atoms with Crippen LogP contribution in [0.25, 0.3) is 0 Å². The van der Waals surface area contributed by atoms with Crippen LogP contribution in [-0.4, -0.2) is 51.0 Å². The fourth-order valence-electron chi connectivity index (χ4n) is 1.73. The third-order valence-corrected chi connectivity index (χ3v) is 3.99. The summed E-state index contributed by atoms with van der Waals surface area (Å²) in [5, 5.41) is 3.24. The monoisotopic (exact) mass is 247 g/mol. The molecule has 1 N–H and O–H groups in total. The summed E-state index contributed by atoms with van der Waals surface area (Å²) in [4.78, 5) is 4.29. The van der Waals surface area contributed by atoms with Gasteiger partial charge in [0.1, 0.15) is 0 Å². The lowest BCUT2D eigenvalue weighted by atomic mass is 10.3. The standard InChI is InChI=1S/C10H21N3O2S/c1-3-13(16(2,14)15)9-5-8-12-10-6-4-7-11-10/h3-9H2,1-2H3,(H,11,12). The highest BCUT2D eigenvalue weighted by molar-refractivity contribution is 7.88. The summed E-state index contributed by atoms with van der Waals surface area (Å²) in [6.45, 7) is 4.70. The van der Waals surface area contributed by atoms with Gasteiger partial charge in [0.2, 0.25) is 10.0 Å². The molecule has 0 aromatic rings. The number of nitrogens with zero attached hydrogens (tertiary/aromatic N) is 2. The third kappa shape index (κ3) is 4.49. The van der Waals surface area contributed by atoms with Gasteiger partial charge < -0.3 is 5.32 Å². The van der Waals surface area contributed by atoms with Gasteiger partial charge in [-0.3, -0.25) is 4.99 Å². The fraction of sp³-hybridized carbons (Fsp3) is 0.900. The van der Waals surface area contributed by atoms with Gasteiger partial charge in [-0.15, -0.1) is 0 Å². The maximum absolute atomic E-state index is 11.3. The Balaban J connectivity index is 2.18. The largest absolute Gasteiger partial charge is 0.374 e. The van der Waals surface area contributed by atoms with E-state index in [2.05, 4.69) is 10.3 Å². The van der Waals surface area contributed by atoms with Crippen LogP contribution in [0.1, 0.15) is 26.2 Å². The van der Waals surface area contributed by atoms with E-state index >= 15 is 0 Å². The Labute approximate surface area is 98.0 Å². The molecule has 94 valence electrons. The van der Waals surface area contributed by atoms with Gasteiger partial charge in [-0.05, 0) is 12.8 Å². The van der Waals surface area contributed by atoms with Crippen molar-refractivity contribution in [2.75, 3.05) is 32.4 Å². The predicted molar refractivity (Wildman–Crippen MR) is 66.2 cm³/mol. The van der Waals surface area contributed by atoms with Crippen LogP contribution in [-0.2, 0) is 10.0 Å². The molecule has 0 aliphatic carbocycles. The quantitative estimate of drug-likeness (QED) is 0.693. The number of sulfonamides is 1. The van der Waals surface area contributed by atoms with Crippen molar-refractivity contribution in [1.82, 2.24) is 9.62 Å². The van der Waals surface area contributed by atoms with E-state index in [1.54, 1.807) is 0 Å². The zero-order valence-electron chi connectivity index (χ0n) is 10.1. The van der Waals surface area contributed by atoms with Crippen LogP contribution in [0.2, 0.25) is 0 Å². The van der Waals surface area contributed by atoms with E-state index in [0.29, 0.717) is 13.1 Å². The Kier molecular flexibility index (Phi) is 5.21. The van der Waals surface area contributed by atoms with E-state index in [4.69, 9.17) is 0 Å². The zero-order chi connectivity index (χ0) is 12.0. The molecule has 1 rings (SSSR count). The molecule has 0 aromatic heterocycles. The topological polar surface area (TPSA) is 61.8 Å². The van der Waals surface area contributed by atoms with Crippen molar-refractivity contribution in [2.24, 2.45) is 4.99 Å². The maximum Gasteiger partial charge on any atom is 0.211 e. The van der Waals surface area contributed by atoms with E-state index < -0.39 is 10.0 Å². The first-order valence-corrected chi connectivity index (χ1v) is 7.61. The predicted octanol–water partition coefficient (Wildman–Crippen LogP) is 0.440. The first kappa shape index (κ1) is 13.4. The molecule has 0 aromatic carbocycles. The summed E-state index contributed by atoms with van der Waals surface area (Å²) in [6, 6.07) is 0. The molecule has 0 saturated heterocycles. The number of aliphatic imine (C=N–C) groups is 1. The molecule has 0 spiro atoms. The van der Waals surface area contributed by atoms with E-state index in [9.17, 15) is 8.42 Å². The van der Waals surface area contributed by atoms with Crippen molar-refractivity contribution in [1.29, 1.82) is 0 Å². The number of hydrogen-bond acceptors (Lipinski definition) is 4. The molecule has 0 unspecified atom stereocenters. The molecule has 1 aliphatic rings. The van der Waals surface area contributed by atoms with Gasteiger partial charge in [0.05, 0.1) is 12.1 Å². The van der Waals surface area contributed by atoms with Crippen LogP contribution in [0.4, 0.5) is 0 Å².